The van der Waals surface area contributed by atoms with E-state index in [0.29, 0.717) is 13.0 Å². The lowest BCUT2D eigenvalue weighted by Crippen LogP contribution is -2.41. The Morgan fingerprint density at radius 3 is 1.91 bits per heavy atom. The fraction of sp³-hybridized carbons (Fsp3) is 0.708. The third-order valence-corrected chi connectivity index (χ3v) is 13.3. The molecule has 0 saturated heterocycles. The van der Waals surface area contributed by atoms with Crippen LogP contribution in [-0.4, -0.2) is 50.3 Å². The standard InChI is InChI=1S/C24H42NO8PSi/c1-18(2)32-34(29,33-19(3)4)22(15-17-31-35(8,9)24(5,6)7)14-16-30-23(26)20-10-12-21(13-11-20)25(27)28/h10-13,18-19,22H,14-17H2,1-9H3/t22-/m0/s1. The van der Waals surface area contributed by atoms with Crippen molar-refractivity contribution in [3.8, 4) is 0 Å². The number of nitrogens with zero attached hydrogens (tertiary/aromatic N) is 1. The molecule has 1 aromatic carbocycles. The molecule has 11 heteroatoms. The molecular weight excluding hydrogens is 489 g/mol. The summed E-state index contributed by atoms with van der Waals surface area (Å²) in [6.07, 6.45) is 0.0614. The number of carbonyl (C=O) groups is 1. The lowest BCUT2D eigenvalue weighted by molar-refractivity contribution is -0.384. The maximum atomic E-state index is 13.8. The highest BCUT2D eigenvalue weighted by molar-refractivity contribution is 7.54. The largest absolute Gasteiger partial charge is 0.462 e. The van der Waals surface area contributed by atoms with Crippen LogP contribution in [0.2, 0.25) is 18.1 Å². The van der Waals surface area contributed by atoms with Gasteiger partial charge in [-0.05, 0) is 70.8 Å². The molecule has 9 nitrogen and oxygen atoms in total. The molecule has 0 amide bonds. The van der Waals surface area contributed by atoms with Crippen molar-refractivity contribution in [2.75, 3.05) is 13.2 Å². The van der Waals surface area contributed by atoms with Crippen LogP contribution in [0.4, 0.5) is 5.69 Å². The van der Waals surface area contributed by atoms with Gasteiger partial charge >= 0.3 is 13.6 Å². The normalized spacial score (nSPS) is 13.8. The van der Waals surface area contributed by atoms with Gasteiger partial charge in [0.2, 0.25) is 0 Å². The highest BCUT2D eigenvalue weighted by Crippen LogP contribution is 2.57. The summed E-state index contributed by atoms with van der Waals surface area (Å²) in [6.45, 7) is 18.4. The van der Waals surface area contributed by atoms with E-state index >= 15 is 0 Å². The van der Waals surface area contributed by atoms with Crippen LogP contribution in [0.5, 0.6) is 0 Å². The molecule has 0 aliphatic carbocycles. The summed E-state index contributed by atoms with van der Waals surface area (Å²) >= 11 is 0. The minimum Gasteiger partial charge on any atom is -0.462 e. The van der Waals surface area contributed by atoms with Gasteiger partial charge in [0.25, 0.3) is 5.69 Å². The average Bonchev–Trinajstić information content (AvgIpc) is 2.70. The predicted molar refractivity (Wildman–Crippen MR) is 140 cm³/mol. The van der Waals surface area contributed by atoms with Crippen molar-refractivity contribution in [3.05, 3.63) is 39.9 Å². The number of nitro benzene ring substituents is 1. The zero-order valence-corrected chi connectivity index (χ0v) is 24.4. The van der Waals surface area contributed by atoms with Gasteiger partial charge in [-0.1, -0.05) is 20.8 Å². The van der Waals surface area contributed by atoms with Crippen LogP contribution < -0.4 is 0 Å². The van der Waals surface area contributed by atoms with Crippen molar-refractivity contribution in [3.63, 3.8) is 0 Å². The van der Waals surface area contributed by atoms with Crippen molar-refractivity contribution in [2.45, 2.75) is 97.3 Å². The molecule has 0 bridgehead atoms. The van der Waals surface area contributed by atoms with E-state index in [1.54, 1.807) is 27.7 Å². The summed E-state index contributed by atoms with van der Waals surface area (Å²) in [5, 5.41) is 10.8. The Labute approximate surface area is 210 Å². The van der Waals surface area contributed by atoms with Crippen LogP contribution >= 0.6 is 7.60 Å². The maximum Gasteiger partial charge on any atom is 0.338 e. The van der Waals surface area contributed by atoms with Crippen molar-refractivity contribution in [1.29, 1.82) is 0 Å². The number of carbonyl (C=O) groups excluding carboxylic acids is 1. The van der Waals surface area contributed by atoms with E-state index < -0.39 is 32.5 Å². The monoisotopic (exact) mass is 531 g/mol. The number of benzene rings is 1. The molecule has 0 aromatic heterocycles. The quantitative estimate of drug-likeness (QED) is 0.0831. The second-order valence-electron chi connectivity index (χ2n) is 10.6. The third-order valence-electron chi connectivity index (χ3n) is 5.88. The number of ether oxygens (including phenoxy) is 1. The molecule has 0 aliphatic heterocycles. The number of rotatable bonds is 14. The Hall–Kier alpha value is -1.58. The Morgan fingerprint density at radius 1 is 1.00 bits per heavy atom. The summed E-state index contributed by atoms with van der Waals surface area (Å²) < 4.78 is 37.2. The molecule has 0 aliphatic rings. The Balaban J connectivity index is 2.96. The van der Waals surface area contributed by atoms with Gasteiger partial charge in [-0.2, -0.15) is 0 Å². The number of esters is 1. The van der Waals surface area contributed by atoms with Crippen LogP contribution in [0.1, 0.15) is 71.7 Å². The summed E-state index contributed by atoms with van der Waals surface area (Å²) in [7, 11) is -5.55. The Kier molecular flexibility index (Phi) is 11.8. The molecule has 1 aromatic rings. The highest BCUT2D eigenvalue weighted by atomic mass is 31.2. The molecule has 0 N–H and O–H groups in total. The lowest BCUT2D eigenvalue weighted by atomic mass is 10.2. The lowest BCUT2D eigenvalue weighted by Gasteiger charge is -2.37. The number of nitro groups is 1. The van der Waals surface area contributed by atoms with Gasteiger partial charge in [0.05, 0.1) is 35.0 Å². The highest BCUT2D eigenvalue weighted by Gasteiger charge is 2.40. The van der Waals surface area contributed by atoms with Crippen molar-refractivity contribution in [2.24, 2.45) is 0 Å². The molecule has 0 fully saturated rings. The van der Waals surface area contributed by atoms with Crippen LogP contribution in [0.25, 0.3) is 0 Å². The Morgan fingerprint density at radius 2 is 1.49 bits per heavy atom. The first-order valence-corrected chi connectivity index (χ1v) is 16.5. The molecule has 35 heavy (non-hydrogen) atoms. The third kappa shape index (κ3) is 10.1. The van der Waals surface area contributed by atoms with Crippen LogP contribution in [-0.2, 0) is 22.8 Å². The fourth-order valence-electron chi connectivity index (χ4n) is 3.00. The van der Waals surface area contributed by atoms with E-state index in [-0.39, 0.29) is 41.5 Å². The van der Waals surface area contributed by atoms with Crippen molar-refractivity contribution < 1.29 is 32.5 Å². The number of hydrogen-bond donors (Lipinski definition) is 0. The molecule has 200 valence electrons. The van der Waals surface area contributed by atoms with E-state index in [1.807, 2.05) is 0 Å². The summed E-state index contributed by atoms with van der Waals surface area (Å²) in [4.78, 5) is 22.7. The summed E-state index contributed by atoms with van der Waals surface area (Å²) in [5.74, 6) is -0.611. The van der Waals surface area contributed by atoms with Gasteiger partial charge in [-0.25, -0.2) is 4.79 Å². The first kappa shape index (κ1) is 31.4. The Bertz CT molecular complexity index is 867. The van der Waals surface area contributed by atoms with E-state index in [9.17, 15) is 19.5 Å². The molecule has 0 heterocycles. The van der Waals surface area contributed by atoms with Gasteiger partial charge in [-0.3, -0.25) is 14.7 Å². The van der Waals surface area contributed by atoms with Gasteiger partial charge in [-0.15, -0.1) is 0 Å². The SMILES string of the molecule is CC(C)OP(=O)(OC(C)C)[C@@H](CCOC(=O)c1ccc([N+](=O)[O-])cc1)CCO[Si](C)(C)C(C)(C)C. The second kappa shape index (κ2) is 13.1. The fourth-order valence-corrected chi connectivity index (χ4v) is 6.48. The van der Waals surface area contributed by atoms with Crippen LogP contribution in [0.3, 0.4) is 0 Å². The first-order valence-electron chi connectivity index (χ1n) is 12.0. The van der Waals surface area contributed by atoms with E-state index in [0.717, 1.165) is 0 Å². The minimum absolute atomic E-state index is 0.00647. The van der Waals surface area contributed by atoms with Crippen molar-refractivity contribution >= 4 is 27.6 Å². The number of hydrogen-bond acceptors (Lipinski definition) is 8. The first-order chi connectivity index (χ1) is 16.0. The van der Waals surface area contributed by atoms with E-state index in [2.05, 4.69) is 33.9 Å². The van der Waals surface area contributed by atoms with E-state index in [4.69, 9.17) is 18.2 Å². The molecule has 0 unspecified atom stereocenters. The van der Waals surface area contributed by atoms with Crippen molar-refractivity contribution in [1.82, 2.24) is 0 Å². The molecule has 1 atom stereocenters. The molecular formula is C24H42NO8PSi. The number of non-ortho nitro benzene ring substituents is 1. The predicted octanol–water partition coefficient (Wildman–Crippen LogP) is 6.97. The zero-order chi connectivity index (χ0) is 27.0. The van der Waals surface area contributed by atoms with E-state index in [1.165, 1.54) is 24.3 Å². The molecule has 1 rings (SSSR count). The molecule has 0 spiro atoms. The van der Waals surface area contributed by atoms with Crippen LogP contribution in [0.15, 0.2) is 24.3 Å². The minimum atomic E-state index is -3.54. The average molecular weight is 532 g/mol. The zero-order valence-electron chi connectivity index (χ0n) is 22.5. The van der Waals surface area contributed by atoms with Gasteiger partial charge in [0, 0.05) is 18.7 Å². The molecule has 0 saturated carbocycles. The van der Waals surface area contributed by atoms with Gasteiger partial charge in [0.1, 0.15) is 0 Å². The summed E-state index contributed by atoms with van der Waals surface area (Å²) in [5.41, 5.74) is -0.434. The topological polar surface area (TPSA) is 114 Å². The van der Waals surface area contributed by atoms with Gasteiger partial charge < -0.3 is 18.2 Å². The second-order valence-corrected chi connectivity index (χ2v) is 17.7. The van der Waals surface area contributed by atoms with Gasteiger partial charge in [0.15, 0.2) is 8.32 Å². The smallest absolute Gasteiger partial charge is 0.338 e. The maximum absolute atomic E-state index is 13.8. The summed E-state index contributed by atoms with van der Waals surface area (Å²) in [6, 6.07) is 5.19. The van der Waals surface area contributed by atoms with Crippen LogP contribution in [0, 0.1) is 10.1 Å². The molecule has 0 radical (unpaired) electrons.